The van der Waals surface area contributed by atoms with Crippen molar-refractivity contribution in [3.8, 4) is 0 Å². The minimum atomic E-state index is -0.859. The fraction of sp³-hybridized carbons (Fsp3) is 0.333. The van der Waals surface area contributed by atoms with Gasteiger partial charge in [-0.25, -0.2) is 9.59 Å². The molecule has 0 aromatic carbocycles. The molecule has 0 aliphatic rings. The molecule has 0 bridgehead atoms. The third-order valence-corrected chi connectivity index (χ3v) is 1.26. The second-order valence-electron chi connectivity index (χ2n) is 1.73. The Morgan fingerprint density at radius 3 is 2.64 bits per heavy atom. The van der Waals surface area contributed by atoms with Crippen molar-refractivity contribution in [1.29, 1.82) is 0 Å². The summed E-state index contributed by atoms with van der Waals surface area (Å²) >= 11 is 3.74. The van der Waals surface area contributed by atoms with E-state index in [2.05, 4.69) is 23.9 Å². The van der Waals surface area contributed by atoms with Gasteiger partial charge in [0.15, 0.2) is 0 Å². The summed E-state index contributed by atoms with van der Waals surface area (Å²) in [6.45, 7) is 3.11. The first-order valence-corrected chi connectivity index (χ1v) is 3.49. The van der Waals surface area contributed by atoms with Crippen LogP contribution in [0, 0.1) is 0 Å². The molecule has 0 aliphatic heterocycles. The zero-order chi connectivity index (χ0) is 8.85. The average Bonchev–Trinajstić information content (AvgIpc) is 2.02. The largest absolute Gasteiger partial charge is 0.389 e. The zero-order valence-corrected chi connectivity index (χ0v) is 6.71. The highest BCUT2D eigenvalue weighted by Crippen LogP contribution is 1.89. The Bertz CT molecular complexity index is 181. The van der Waals surface area contributed by atoms with Crippen LogP contribution in [-0.4, -0.2) is 23.7 Å². The van der Waals surface area contributed by atoms with Gasteiger partial charge in [0.1, 0.15) is 6.04 Å². The Kier molecular flexibility index (Phi) is 4.56. The molecule has 0 heterocycles. The predicted octanol–water partition coefficient (Wildman–Crippen LogP) is -0.501. The van der Waals surface area contributed by atoms with Gasteiger partial charge in [-0.15, -0.1) is 0 Å². The lowest BCUT2D eigenvalue weighted by Crippen LogP contribution is -2.34. The van der Waals surface area contributed by atoms with Gasteiger partial charge in [0.25, 0.3) is 0 Å². The summed E-state index contributed by atoms with van der Waals surface area (Å²) in [4.78, 5) is 21.1. The van der Waals surface area contributed by atoms with Crippen LogP contribution < -0.4 is 5.73 Å². The summed E-state index contributed by atoms with van der Waals surface area (Å²) in [6.07, 6.45) is 0.892. The molecule has 0 fully saturated rings. The Morgan fingerprint density at radius 2 is 2.27 bits per heavy atom. The monoisotopic (exact) mass is 175 g/mol. The van der Waals surface area contributed by atoms with E-state index in [-0.39, 0.29) is 5.75 Å². The predicted molar refractivity (Wildman–Crippen MR) is 43.1 cm³/mol. The van der Waals surface area contributed by atoms with Crippen molar-refractivity contribution in [3.05, 3.63) is 12.7 Å². The molecule has 62 valence electrons. The molecule has 2 N–H and O–H groups in total. The van der Waals surface area contributed by atoms with Crippen LogP contribution in [0.25, 0.3) is 0 Å². The Morgan fingerprint density at radius 1 is 1.73 bits per heavy atom. The number of ether oxygens (including phenoxy) is 1. The maximum absolute atomic E-state index is 10.7. The van der Waals surface area contributed by atoms with E-state index in [0.717, 1.165) is 6.08 Å². The smallest absolute Gasteiger partial charge is 0.337 e. The fourth-order valence-corrected chi connectivity index (χ4v) is 0.440. The van der Waals surface area contributed by atoms with Crippen molar-refractivity contribution >= 4 is 24.6 Å². The van der Waals surface area contributed by atoms with Gasteiger partial charge in [0, 0.05) is 11.8 Å². The summed E-state index contributed by atoms with van der Waals surface area (Å²) in [5.74, 6) is -1.44. The molecular weight excluding hydrogens is 166 g/mol. The van der Waals surface area contributed by atoms with Crippen LogP contribution >= 0.6 is 12.6 Å². The normalized spacial score (nSPS) is 11.8. The number of hydrogen-bond donors (Lipinski definition) is 2. The highest BCUT2D eigenvalue weighted by atomic mass is 32.1. The van der Waals surface area contributed by atoms with Gasteiger partial charge in [-0.2, -0.15) is 12.6 Å². The lowest BCUT2D eigenvalue weighted by molar-refractivity contribution is -0.156. The van der Waals surface area contributed by atoms with Crippen LogP contribution in [0.3, 0.4) is 0 Å². The molecule has 0 saturated heterocycles. The van der Waals surface area contributed by atoms with Crippen molar-refractivity contribution in [1.82, 2.24) is 0 Å². The first kappa shape index (κ1) is 10.2. The summed E-state index contributed by atoms with van der Waals surface area (Å²) in [5, 5.41) is 0. The molecule has 0 unspecified atom stereocenters. The number of carbonyl (C=O) groups is 2. The highest BCUT2D eigenvalue weighted by Gasteiger charge is 2.15. The van der Waals surface area contributed by atoms with Crippen LogP contribution in [0.1, 0.15) is 0 Å². The van der Waals surface area contributed by atoms with Crippen LogP contribution in [0.15, 0.2) is 12.7 Å². The van der Waals surface area contributed by atoms with Crippen molar-refractivity contribution in [2.24, 2.45) is 5.73 Å². The van der Waals surface area contributed by atoms with Crippen molar-refractivity contribution in [3.63, 3.8) is 0 Å². The fourth-order valence-electron chi connectivity index (χ4n) is 0.291. The van der Waals surface area contributed by atoms with Crippen LogP contribution in [0.5, 0.6) is 0 Å². The lowest BCUT2D eigenvalue weighted by Gasteiger charge is -2.04. The molecule has 0 aromatic heterocycles. The van der Waals surface area contributed by atoms with Gasteiger partial charge in [-0.3, -0.25) is 0 Å². The minimum Gasteiger partial charge on any atom is -0.389 e. The topological polar surface area (TPSA) is 69.4 Å². The molecule has 0 spiro atoms. The highest BCUT2D eigenvalue weighted by molar-refractivity contribution is 7.80. The quantitative estimate of drug-likeness (QED) is 0.262. The van der Waals surface area contributed by atoms with Crippen molar-refractivity contribution in [2.75, 3.05) is 5.75 Å². The van der Waals surface area contributed by atoms with E-state index in [1.165, 1.54) is 0 Å². The SMILES string of the molecule is C=CC(=O)OC(=O)[C@@H](N)CS. The van der Waals surface area contributed by atoms with Crippen LogP contribution in [-0.2, 0) is 14.3 Å². The van der Waals surface area contributed by atoms with E-state index in [0.29, 0.717) is 0 Å². The number of esters is 2. The van der Waals surface area contributed by atoms with Gasteiger partial charge in [0.05, 0.1) is 0 Å². The number of rotatable bonds is 3. The lowest BCUT2D eigenvalue weighted by atomic mass is 10.4. The molecule has 11 heavy (non-hydrogen) atoms. The first-order valence-electron chi connectivity index (χ1n) is 2.86. The molecule has 5 heteroatoms. The van der Waals surface area contributed by atoms with E-state index < -0.39 is 18.0 Å². The third-order valence-electron chi connectivity index (χ3n) is 0.867. The number of nitrogens with two attached hydrogens (primary N) is 1. The number of thiol groups is 1. The van der Waals surface area contributed by atoms with E-state index in [1.807, 2.05) is 0 Å². The molecular formula is C6H9NO3S. The third kappa shape index (κ3) is 3.79. The van der Waals surface area contributed by atoms with Gasteiger partial charge in [-0.05, 0) is 0 Å². The molecule has 0 saturated carbocycles. The molecule has 0 radical (unpaired) electrons. The minimum absolute atomic E-state index is 0.142. The summed E-state index contributed by atoms with van der Waals surface area (Å²) in [6, 6.07) is -0.859. The van der Waals surface area contributed by atoms with E-state index in [4.69, 9.17) is 5.73 Å². The zero-order valence-electron chi connectivity index (χ0n) is 5.82. The second kappa shape index (κ2) is 4.92. The molecule has 4 nitrogen and oxygen atoms in total. The van der Waals surface area contributed by atoms with Crippen LogP contribution in [0.4, 0.5) is 0 Å². The summed E-state index contributed by atoms with van der Waals surface area (Å²) in [7, 11) is 0. The maximum atomic E-state index is 10.7. The van der Waals surface area contributed by atoms with Gasteiger partial charge < -0.3 is 10.5 Å². The summed E-state index contributed by atoms with van der Waals surface area (Å²) in [5.41, 5.74) is 5.18. The maximum Gasteiger partial charge on any atom is 0.337 e. The standard InChI is InChI=1S/C6H9NO3S/c1-2-5(8)10-6(9)4(7)3-11/h2,4,11H,1,3,7H2/t4-/m0/s1. The van der Waals surface area contributed by atoms with Gasteiger partial charge in [-0.1, -0.05) is 6.58 Å². The molecule has 0 aromatic rings. The van der Waals surface area contributed by atoms with Crippen molar-refractivity contribution in [2.45, 2.75) is 6.04 Å². The summed E-state index contributed by atoms with van der Waals surface area (Å²) < 4.78 is 4.18. The number of carbonyl (C=O) groups excluding carboxylic acids is 2. The molecule has 0 aliphatic carbocycles. The second-order valence-corrected chi connectivity index (χ2v) is 2.10. The Labute approximate surface area is 69.8 Å². The van der Waals surface area contributed by atoms with E-state index in [1.54, 1.807) is 0 Å². The van der Waals surface area contributed by atoms with E-state index >= 15 is 0 Å². The average molecular weight is 175 g/mol. The van der Waals surface area contributed by atoms with Crippen molar-refractivity contribution < 1.29 is 14.3 Å². The van der Waals surface area contributed by atoms with Crippen LogP contribution in [0.2, 0.25) is 0 Å². The molecule has 0 rings (SSSR count). The van der Waals surface area contributed by atoms with Gasteiger partial charge >= 0.3 is 11.9 Å². The first-order chi connectivity index (χ1) is 5.11. The van der Waals surface area contributed by atoms with E-state index in [9.17, 15) is 9.59 Å². The van der Waals surface area contributed by atoms with Gasteiger partial charge in [0.2, 0.25) is 0 Å². The Hall–Kier alpha value is -0.810. The molecule has 0 amide bonds. The number of hydrogen-bond acceptors (Lipinski definition) is 5. The molecule has 1 atom stereocenters. The Balaban J connectivity index is 3.86.